The fourth-order valence-electron chi connectivity index (χ4n) is 2.56. The molecule has 32 heavy (non-hydrogen) atoms. The third-order valence-corrected chi connectivity index (χ3v) is 6.06. The summed E-state index contributed by atoms with van der Waals surface area (Å²) in [6.45, 7) is 2.39. The van der Waals surface area contributed by atoms with Crippen LogP contribution in [0.4, 0.5) is 0 Å². The molecule has 0 atom stereocenters. The lowest BCUT2D eigenvalue weighted by Gasteiger charge is -2.09. The average Bonchev–Trinajstić information content (AvgIpc) is 2.76. The van der Waals surface area contributed by atoms with Gasteiger partial charge in [0.2, 0.25) is 0 Å². The Hall–Kier alpha value is -2.88. The van der Waals surface area contributed by atoms with Gasteiger partial charge >= 0.3 is 5.97 Å². The second-order valence-corrected chi connectivity index (χ2v) is 9.35. The van der Waals surface area contributed by atoms with Crippen molar-refractivity contribution < 1.29 is 22.7 Å². The minimum absolute atomic E-state index is 0.00967. The van der Waals surface area contributed by atoms with Crippen molar-refractivity contribution in [1.82, 2.24) is 4.83 Å². The summed E-state index contributed by atoms with van der Waals surface area (Å²) in [6, 6.07) is 17.1. The van der Waals surface area contributed by atoms with E-state index in [0.717, 1.165) is 0 Å². The van der Waals surface area contributed by atoms with E-state index in [1.165, 1.54) is 30.5 Å². The van der Waals surface area contributed by atoms with Crippen LogP contribution in [0.1, 0.15) is 22.8 Å². The van der Waals surface area contributed by atoms with Crippen molar-refractivity contribution in [2.75, 3.05) is 6.61 Å². The van der Waals surface area contributed by atoms with E-state index in [4.69, 9.17) is 21.1 Å². The first-order chi connectivity index (χ1) is 15.3. The van der Waals surface area contributed by atoms with Crippen LogP contribution in [0.3, 0.4) is 0 Å². The zero-order valence-electron chi connectivity index (χ0n) is 16.8. The third-order valence-electron chi connectivity index (χ3n) is 4.08. The molecule has 0 spiro atoms. The van der Waals surface area contributed by atoms with Crippen molar-refractivity contribution in [3.8, 4) is 11.5 Å². The lowest BCUT2D eigenvalue weighted by Crippen LogP contribution is -2.18. The van der Waals surface area contributed by atoms with E-state index in [1.807, 2.05) is 6.92 Å². The van der Waals surface area contributed by atoms with Gasteiger partial charge in [-0.15, -0.1) is 0 Å². The summed E-state index contributed by atoms with van der Waals surface area (Å²) in [5.41, 5.74) is 0.722. The van der Waals surface area contributed by atoms with Gasteiger partial charge in [0.05, 0.1) is 23.3 Å². The molecule has 1 N–H and O–H groups in total. The summed E-state index contributed by atoms with van der Waals surface area (Å²) in [6.07, 6.45) is 1.25. The van der Waals surface area contributed by atoms with Gasteiger partial charge in [-0.2, -0.15) is 13.5 Å². The quantitative estimate of drug-likeness (QED) is 0.188. The lowest BCUT2D eigenvalue weighted by atomic mass is 10.2. The van der Waals surface area contributed by atoms with Crippen LogP contribution >= 0.6 is 27.5 Å². The molecule has 0 aliphatic heterocycles. The Kier molecular flexibility index (Phi) is 7.89. The molecule has 0 unspecified atom stereocenters. The SMILES string of the molecule is CCOc1ccc(C(=O)Oc2ccc(Br)cc2C=NNS(=O)(=O)c2ccc(Cl)cc2)cc1. The number of hydrogen-bond acceptors (Lipinski definition) is 6. The van der Waals surface area contributed by atoms with Gasteiger partial charge in [0, 0.05) is 15.1 Å². The number of sulfonamides is 1. The largest absolute Gasteiger partial charge is 0.494 e. The number of halogens is 2. The number of hydrazone groups is 1. The maximum Gasteiger partial charge on any atom is 0.343 e. The molecule has 0 saturated carbocycles. The van der Waals surface area contributed by atoms with E-state index in [2.05, 4.69) is 25.9 Å². The van der Waals surface area contributed by atoms with Gasteiger partial charge in [-0.1, -0.05) is 27.5 Å². The smallest absolute Gasteiger partial charge is 0.343 e. The molecule has 0 fully saturated rings. The molecule has 166 valence electrons. The van der Waals surface area contributed by atoms with Gasteiger partial charge in [0.1, 0.15) is 11.5 Å². The van der Waals surface area contributed by atoms with Gasteiger partial charge in [-0.3, -0.25) is 0 Å². The molecule has 0 saturated heterocycles. The Labute approximate surface area is 199 Å². The highest BCUT2D eigenvalue weighted by molar-refractivity contribution is 9.10. The van der Waals surface area contributed by atoms with Crippen molar-refractivity contribution >= 4 is 49.7 Å². The van der Waals surface area contributed by atoms with E-state index in [1.54, 1.807) is 42.5 Å². The van der Waals surface area contributed by atoms with Gasteiger partial charge in [0.25, 0.3) is 10.0 Å². The van der Waals surface area contributed by atoms with E-state index >= 15 is 0 Å². The molecule has 0 amide bonds. The lowest BCUT2D eigenvalue weighted by molar-refractivity contribution is 0.0734. The Morgan fingerprint density at radius 3 is 2.44 bits per heavy atom. The third kappa shape index (κ3) is 6.32. The van der Waals surface area contributed by atoms with Crippen LogP contribution in [-0.2, 0) is 10.0 Å². The topological polar surface area (TPSA) is 94.1 Å². The number of carbonyl (C=O) groups is 1. The first-order valence-corrected chi connectivity index (χ1v) is 12.0. The standard InChI is InChI=1S/C22H18BrClN2O5S/c1-2-30-19-8-3-15(4-9-19)22(27)31-21-12-5-17(23)13-16(21)14-25-26-32(28,29)20-10-6-18(24)7-11-20/h3-14,26H,2H2,1H3. The molecule has 3 aromatic rings. The molecule has 3 aromatic carbocycles. The molecule has 3 rings (SSSR count). The normalized spacial score (nSPS) is 11.3. The molecule has 0 aliphatic carbocycles. The number of carbonyl (C=O) groups excluding carboxylic acids is 1. The summed E-state index contributed by atoms with van der Waals surface area (Å²) in [5, 5.41) is 4.22. The fourth-order valence-corrected chi connectivity index (χ4v) is 3.85. The maximum atomic E-state index is 12.5. The summed E-state index contributed by atoms with van der Waals surface area (Å²) >= 11 is 9.13. The predicted octanol–water partition coefficient (Wildman–Crippen LogP) is 5.03. The number of nitrogens with one attached hydrogen (secondary N) is 1. The summed E-state index contributed by atoms with van der Waals surface area (Å²) in [5.74, 6) is 0.279. The first-order valence-electron chi connectivity index (χ1n) is 9.33. The monoisotopic (exact) mass is 536 g/mol. The van der Waals surface area contributed by atoms with E-state index in [9.17, 15) is 13.2 Å². The van der Waals surface area contributed by atoms with Crippen molar-refractivity contribution in [3.05, 3.63) is 87.4 Å². The highest BCUT2D eigenvalue weighted by atomic mass is 79.9. The Balaban J connectivity index is 1.75. The molecule has 0 aliphatic rings. The van der Waals surface area contributed by atoms with E-state index in [-0.39, 0.29) is 10.6 Å². The van der Waals surface area contributed by atoms with Gasteiger partial charge in [-0.05, 0) is 73.7 Å². The van der Waals surface area contributed by atoms with E-state index < -0.39 is 16.0 Å². The number of nitrogens with zero attached hydrogens (tertiary/aromatic N) is 1. The van der Waals surface area contributed by atoms with Crippen LogP contribution < -0.4 is 14.3 Å². The molecule has 0 heterocycles. The molecule has 10 heteroatoms. The number of rotatable bonds is 8. The van der Waals surface area contributed by atoms with Gasteiger partial charge in [-0.25, -0.2) is 9.63 Å². The van der Waals surface area contributed by atoms with Crippen molar-refractivity contribution in [1.29, 1.82) is 0 Å². The minimum Gasteiger partial charge on any atom is -0.494 e. The number of ether oxygens (including phenoxy) is 2. The van der Waals surface area contributed by atoms with Crippen molar-refractivity contribution in [2.45, 2.75) is 11.8 Å². The van der Waals surface area contributed by atoms with Crippen LogP contribution in [0.15, 0.2) is 81.2 Å². The maximum absolute atomic E-state index is 12.5. The van der Waals surface area contributed by atoms with Crippen LogP contribution in [-0.4, -0.2) is 27.2 Å². The zero-order chi connectivity index (χ0) is 23.1. The number of esters is 1. The molecule has 0 aromatic heterocycles. The molecule has 0 radical (unpaired) electrons. The first kappa shape index (κ1) is 23.8. The zero-order valence-corrected chi connectivity index (χ0v) is 19.9. The van der Waals surface area contributed by atoms with Gasteiger partial charge in [0.15, 0.2) is 0 Å². The van der Waals surface area contributed by atoms with Crippen LogP contribution in [0.25, 0.3) is 0 Å². The predicted molar refractivity (Wildman–Crippen MR) is 126 cm³/mol. The highest BCUT2D eigenvalue weighted by Crippen LogP contribution is 2.23. The molecular weight excluding hydrogens is 520 g/mol. The summed E-state index contributed by atoms with van der Waals surface area (Å²) in [7, 11) is -3.88. The minimum atomic E-state index is -3.88. The van der Waals surface area contributed by atoms with Crippen LogP contribution in [0.2, 0.25) is 5.02 Å². The fraction of sp³-hybridized carbons (Fsp3) is 0.0909. The second-order valence-electron chi connectivity index (χ2n) is 6.34. The molecule has 7 nitrogen and oxygen atoms in total. The number of benzene rings is 3. The Morgan fingerprint density at radius 1 is 1.09 bits per heavy atom. The Bertz CT molecular complexity index is 1230. The second kappa shape index (κ2) is 10.6. The Morgan fingerprint density at radius 2 is 1.78 bits per heavy atom. The van der Waals surface area contributed by atoms with Gasteiger partial charge < -0.3 is 9.47 Å². The molecular formula is C22H18BrClN2O5S. The highest BCUT2D eigenvalue weighted by Gasteiger charge is 2.14. The van der Waals surface area contributed by atoms with Crippen molar-refractivity contribution in [2.24, 2.45) is 5.10 Å². The van der Waals surface area contributed by atoms with E-state index in [0.29, 0.717) is 33.0 Å². The summed E-state index contributed by atoms with van der Waals surface area (Å²) in [4.78, 5) is 14.7. The number of hydrogen-bond donors (Lipinski definition) is 1. The average molecular weight is 538 g/mol. The summed E-state index contributed by atoms with van der Waals surface area (Å²) < 4.78 is 36.2. The van der Waals surface area contributed by atoms with Crippen LogP contribution in [0, 0.1) is 0 Å². The van der Waals surface area contributed by atoms with Crippen molar-refractivity contribution in [3.63, 3.8) is 0 Å². The molecule has 0 bridgehead atoms. The van der Waals surface area contributed by atoms with Crippen LogP contribution in [0.5, 0.6) is 11.5 Å².